The average molecular weight is 285 g/mol. The van der Waals surface area contributed by atoms with Crippen LogP contribution in [0.15, 0.2) is 30.3 Å². The van der Waals surface area contributed by atoms with E-state index in [2.05, 4.69) is 24.0 Å². The second-order valence-electron chi connectivity index (χ2n) is 7.38. The van der Waals surface area contributed by atoms with Crippen LogP contribution in [-0.4, -0.2) is 30.8 Å². The first-order chi connectivity index (χ1) is 10.2. The Balaban J connectivity index is 1.64. The van der Waals surface area contributed by atoms with Crippen LogP contribution in [0.1, 0.15) is 51.0 Å². The van der Waals surface area contributed by atoms with E-state index in [9.17, 15) is 4.79 Å². The molecule has 0 bridgehead atoms. The third-order valence-corrected chi connectivity index (χ3v) is 5.83. The Kier molecular flexibility index (Phi) is 4.17. The minimum atomic E-state index is -0.374. The average Bonchev–Trinajstić information content (AvgIpc) is 2.99. The molecular weight excluding hydrogens is 258 g/mol. The summed E-state index contributed by atoms with van der Waals surface area (Å²) in [5, 5.41) is 0. The lowest BCUT2D eigenvalue weighted by molar-refractivity contribution is -0.113. The molecule has 114 valence electrons. The van der Waals surface area contributed by atoms with Crippen molar-refractivity contribution >= 4 is 6.29 Å². The second-order valence-corrected chi connectivity index (χ2v) is 7.38. The molecule has 2 nitrogen and oxygen atoms in total. The highest BCUT2D eigenvalue weighted by Crippen LogP contribution is 2.46. The largest absolute Gasteiger partial charge is 0.302 e. The molecule has 2 aliphatic rings. The molecule has 21 heavy (non-hydrogen) atoms. The maximum Gasteiger partial charge on any atom is 0.131 e. The molecule has 1 atom stereocenters. The highest BCUT2D eigenvalue weighted by atomic mass is 16.1. The molecule has 2 heteroatoms. The zero-order valence-corrected chi connectivity index (χ0v) is 13.2. The van der Waals surface area contributed by atoms with Crippen molar-refractivity contribution in [3.05, 3.63) is 35.9 Å². The van der Waals surface area contributed by atoms with Crippen molar-refractivity contribution in [2.45, 2.75) is 50.9 Å². The lowest BCUT2D eigenvalue weighted by Gasteiger charge is -2.42. The summed E-state index contributed by atoms with van der Waals surface area (Å²) in [7, 11) is 0. The van der Waals surface area contributed by atoms with E-state index in [0.29, 0.717) is 5.41 Å². The maximum absolute atomic E-state index is 11.7. The molecule has 1 spiro atoms. The van der Waals surface area contributed by atoms with Gasteiger partial charge in [-0.15, -0.1) is 0 Å². The van der Waals surface area contributed by atoms with Gasteiger partial charge in [0.15, 0.2) is 0 Å². The van der Waals surface area contributed by atoms with Gasteiger partial charge in [-0.2, -0.15) is 0 Å². The van der Waals surface area contributed by atoms with Crippen molar-refractivity contribution < 1.29 is 4.79 Å². The topological polar surface area (TPSA) is 20.3 Å². The van der Waals surface area contributed by atoms with E-state index in [-0.39, 0.29) is 5.41 Å². The fourth-order valence-corrected chi connectivity index (χ4v) is 4.29. The molecular formula is C19H27NO. The zero-order chi connectivity index (χ0) is 14.8. The Morgan fingerprint density at radius 2 is 1.71 bits per heavy atom. The van der Waals surface area contributed by atoms with E-state index in [4.69, 9.17) is 0 Å². The van der Waals surface area contributed by atoms with E-state index in [1.807, 2.05) is 18.2 Å². The third-order valence-electron chi connectivity index (χ3n) is 5.83. The summed E-state index contributed by atoms with van der Waals surface area (Å²) in [5.74, 6) is 0. The van der Waals surface area contributed by atoms with Crippen molar-refractivity contribution in [3.63, 3.8) is 0 Å². The van der Waals surface area contributed by atoms with Gasteiger partial charge in [-0.25, -0.2) is 0 Å². The Morgan fingerprint density at radius 1 is 1.10 bits per heavy atom. The summed E-state index contributed by atoms with van der Waals surface area (Å²) in [4.78, 5) is 14.2. The summed E-state index contributed by atoms with van der Waals surface area (Å²) >= 11 is 0. The summed E-state index contributed by atoms with van der Waals surface area (Å²) in [5.41, 5.74) is 1.42. The molecule has 1 unspecified atom stereocenters. The normalized spacial score (nSPS) is 24.8. The summed E-state index contributed by atoms with van der Waals surface area (Å²) in [6.07, 6.45) is 9.52. The number of benzene rings is 1. The fraction of sp³-hybridized carbons (Fsp3) is 0.632. The van der Waals surface area contributed by atoms with Crippen LogP contribution < -0.4 is 0 Å². The number of hydrogen-bond acceptors (Lipinski definition) is 2. The summed E-state index contributed by atoms with van der Waals surface area (Å²) in [6.45, 7) is 5.26. The van der Waals surface area contributed by atoms with Crippen LogP contribution in [0.5, 0.6) is 0 Å². The Labute approximate surface area is 128 Å². The van der Waals surface area contributed by atoms with Gasteiger partial charge < -0.3 is 9.69 Å². The highest BCUT2D eigenvalue weighted by molar-refractivity contribution is 5.68. The smallest absolute Gasteiger partial charge is 0.131 e. The van der Waals surface area contributed by atoms with Crippen LogP contribution >= 0.6 is 0 Å². The van der Waals surface area contributed by atoms with Crippen molar-refractivity contribution in [1.82, 2.24) is 4.90 Å². The molecule has 1 aliphatic carbocycles. The molecule has 1 heterocycles. The van der Waals surface area contributed by atoms with Crippen LogP contribution in [-0.2, 0) is 10.2 Å². The first-order valence-corrected chi connectivity index (χ1v) is 8.40. The number of likely N-dealkylation sites (tertiary alicyclic amines) is 1. The van der Waals surface area contributed by atoms with Gasteiger partial charge in [0.25, 0.3) is 0 Å². The standard InChI is InChI=1S/C19H27NO/c1-18(16-21,17-7-3-2-4-8-17)15-20-13-11-19(12-14-20)9-5-6-10-19/h2-4,7-8,16H,5-6,9-15H2,1H3. The molecule has 0 amide bonds. The SMILES string of the molecule is CC(C=O)(CN1CCC2(CCCC2)CC1)c1ccccc1. The van der Waals surface area contributed by atoms with E-state index in [0.717, 1.165) is 31.5 Å². The molecule has 3 rings (SSSR count). The fourth-order valence-electron chi connectivity index (χ4n) is 4.29. The molecule has 1 aromatic carbocycles. The zero-order valence-electron chi connectivity index (χ0n) is 13.2. The Bertz CT molecular complexity index is 468. The number of piperidine rings is 1. The van der Waals surface area contributed by atoms with Crippen LogP contribution in [0.3, 0.4) is 0 Å². The Hall–Kier alpha value is -1.15. The van der Waals surface area contributed by atoms with Gasteiger partial charge in [0.2, 0.25) is 0 Å². The highest BCUT2D eigenvalue weighted by Gasteiger charge is 2.38. The number of nitrogens with zero attached hydrogens (tertiary/aromatic N) is 1. The van der Waals surface area contributed by atoms with Crippen LogP contribution in [0.25, 0.3) is 0 Å². The van der Waals surface area contributed by atoms with Gasteiger partial charge in [0, 0.05) is 6.54 Å². The molecule has 1 aromatic rings. The lowest BCUT2D eigenvalue weighted by Crippen LogP contribution is -2.46. The van der Waals surface area contributed by atoms with Crippen molar-refractivity contribution in [2.24, 2.45) is 5.41 Å². The minimum Gasteiger partial charge on any atom is -0.302 e. The molecule has 1 aliphatic heterocycles. The molecule has 1 saturated heterocycles. The van der Waals surface area contributed by atoms with Crippen molar-refractivity contribution in [1.29, 1.82) is 0 Å². The quantitative estimate of drug-likeness (QED) is 0.784. The van der Waals surface area contributed by atoms with E-state index >= 15 is 0 Å². The van der Waals surface area contributed by atoms with Crippen LogP contribution in [0.2, 0.25) is 0 Å². The van der Waals surface area contributed by atoms with Crippen molar-refractivity contribution in [3.8, 4) is 0 Å². The number of rotatable bonds is 4. The number of carbonyl (C=O) groups is 1. The van der Waals surface area contributed by atoms with E-state index < -0.39 is 0 Å². The molecule has 2 fully saturated rings. The summed E-state index contributed by atoms with van der Waals surface area (Å²) in [6, 6.07) is 10.2. The lowest BCUT2D eigenvalue weighted by atomic mass is 9.76. The van der Waals surface area contributed by atoms with Gasteiger partial charge in [-0.1, -0.05) is 43.2 Å². The van der Waals surface area contributed by atoms with Crippen LogP contribution in [0, 0.1) is 5.41 Å². The molecule has 1 saturated carbocycles. The van der Waals surface area contributed by atoms with Gasteiger partial charge in [0.1, 0.15) is 6.29 Å². The monoisotopic (exact) mass is 285 g/mol. The predicted molar refractivity (Wildman–Crippen MR) is 86.4 cm³/mol. The van der Waals surface area contributed by atoms with Gasteiger partial charge >= 0.3 is 0 Å². The number of hydrogen-bond donors (Lipinski definition) is 0. The molecule has 0 N–H and O–H groups in total. The predicted octanol–water partition coefficient (Wildman–Crippen LogP) is 3.80. The Morgan fingerprint density at radius 3 is 2.29 bits per heavy atom. The van der Waals surface area contributed by atoms with E-state index in [1.54, 1.807) is 0 Å². The molecule has 0 radical (unpaired) electrons. The van der Waals surface area contributed by atoms with Gasteiger partial charge in [-0.05, 0) is 56.7 Å². The third kappa shape index (κ3) is 3.06. The van der Waals surface area contributed by atoms with Crippen molar-refractivity contribution in [2.75, 3.05) is 19.6 Å². The maximum atomic E-state index is 11.7. The number of carbonyl (C=O) groups excluding carboxylic acids is 1. The first kappa shape index (κ1) is 14.8. The number of aldehydes is 1. The first-order valence-electron chi connectivity index (χ1n) is 8.40. The summed E-state index contributed by atoms with van der Waals surface area (Å²) < 4.78 is 0. The van der Waals surface area contributed by atoms with E-state index in [1.165, 1.54) is 38.5 Å². The second kappa shape index (κ2) is 5.92. The van der Waals surface area contributed by atoms with Crippen LogP contribution in [0.4, 0.5) is 0 Å². The van der Waals surface area contributed by atoms with Gasteiger partial charge in [-0.3, -0.25) is 0 Å². The molecule has 0 aromatic heterocycles. The van der Waals surface area contributed by atoms with Gasteiger partial charge in [0.05, 0.1) is 5.41 Å². The minimum absolute atomic E-state index is 0.374.